The first-order valence-electron chi connectivity index (χ1n) is 4.16. The summed E-state index contributed by atoms with van der Waals surface area (Å²) >= 11 is 0. The zero-order valence-corrected chi connectivity index (χ0v) is 7.24. The van der Waals surface area contributed by atoms with E-state index in [1.807, 2.05) is 19.1 Å². The summed E-state index contributed by atoms with van der Waals surface area (Å²) in [6, 6.07) is 5.45. The van der Waals surface area contributed by atoms with Crippen molar-refractivity contribution in [2.45, 2.75) is 13.3 Å². The van der Waals surface area contributed by atoms with Gasteiger partial charge in [-0.15, -0.1) is 4.73 Å². The highest BCUT2D eigenvalue weighted by Gasteiger charge is 2.06. The molecule has 0 saturated carbocycles. The number of nitrogens with one attached hydrogen (secondary N) is 1. The minimum absolute atomic E-state index is 0.490. The third-order valence-electron chi connectivity index (χ3n) is 2.16. The van der Waals surface area contributed by atoms with E-state index in [0.717, 1.165) is 17.5 Å². The normalized spacial score (nSPS) is 10.8. The molecule has 1 heterocycles. The van der Waals surface area contributed by atoms with Crippen molar-refractivity contribution < 1.29 is 5.21 Å². The van der Waals surface area contributed by atoms with Crippen molar-refractivity contribution in [2.24, 2.45) is 0 Å². The van der Waals surface area contributed by atoms with Gasteiger partial charge in [-0.25, -0.2) is 4.79 Å². The number of aromatic nitrogens is 2. The number of fused-ring (bicyclic) bond motifs is 1. The van der Waals surface area contributed by atoms with Gasteiger partial charge in [0.25, 0.3) is 0 Å². The van der Waals surface area contributed by atoms with E-state index in [9.17, 15) is 10.0 Å². The Morgan fingerprint density at radius 3 is 3.00 bits per heavy atom. The van der Waals surface area contributed by atoms with Crippen LogP contribution in [0.2, 0.25) is 0 Å². The molecule has 13 heavy (non-hydrogen) atoms. The molecule has 0 saturated heterocycles. The van der Waals surface area contributed by atoms with Gasteiger partial charge in [-0.3, -0.25) is 0 Å². The maximum atomic E-state index is 11.1. The molecule has 2 rings (SSSR count). The minimum atomic E-state index is -0.490. The van der Waals surface area contributed by atoms with E-state index in [1.54, 1.807) is 6.07 Å². The Balaban J connectivity index is 2.92. The van der Waals surface area contributed by atoms with Gasteiger partial charge in [0, 0.05) is 0 Å². The fourth-order valence-electron chi connectivity index (χ4n) is 1.47. The number of benzene rings is 1. The second-order valence-electron chi connectivity index (χ2n) is 2.91. The van der Waals surface area contributed by atoms with Gasteiger partial charge < -0.3 is 10.2 Å². The summed E-state index contributed by atoms with van der Waals surface area (Å²) in [5.41, 5.74) is 1.79. The van der Waals surface area contributed by atoms with Gasteiger partial charge in [0.1, 0.15) is 5.52 Å². The summed E-state index contributed by atoms with van der Waals surface area (Å²) in [5, 5.41) is 9.29. The number of hydrogen-bond acceptors (Lipinski definition) is 2. The molecule has 4 heteroatoms. The first kappa shape index (κ1) is 7.91. The maximum absolute atomic E-state index is 11.1. The van der Waals surface area contributed by atoms with E-state index in [1.165, 1.54) is 0 Å². The van der Waals surface area contributed by atoms with E-state index >= 15 is 0 Å². The Labute approximate surface area is 74.4 Å². The van der Waals surface area contributed by atoms with Crippen LogP contribution in [0.15, 0.2) is 23.0 Å². The number of aromatic amines is 1. The predicted molar refractivity (Wildman–Crippen MR) is 49.1 cm³/mol. The Bertz CT molecular complexity index is 496. The van der Waals surface area contributed by atoms with Crippen LogP contribution in [-0.2, 0) is 6.42 Å². The highest BCUT2D eigenvalue weighted by atomic mass is 16.5. The molecule has 0 atom stereocenters. The SMILES string of the molecule is CCc1cccc2c1[nH]c(=O)n2O. The second kappa shape index (κ2) is 2.65. The smallest absolute Gasteiger partial charge is 0.359 e. The lowest BCUT2D eigenvalue weighted by atomic mass is 10.1. The van der Waals surface area contributed by atoms with Crippen molar-refractivity contribution in [3.8, 4) is 0 Å². The number of hydrogen-bond donors (Lipinski definition) is 2. The van der Waals surface area contributed by atoms with Crippen LogP contribution in [0.1, 0.15) is 12.5 Å². The molecule has 0 aliphatic carbocycles. The van der Waals surface area contributed by atoms with Crippen molar-refractivity contribution in [1.29, 1.82) is 0 Å². The zero-order valence-electron chi connectivity index (χ0n) is 7.24. The molecule has 2 N–H and O–H groups in total. The van der Waals surface area contributed by atoms with Gasteiger partial charge in [0.05, 0.1) is 5.52 Å². The molecule has 1 aromatic heterocycles. The largest absolute Gasteiger partial charge is 0.424 e. The zero-order chi connectivity index (χ0) is 9.42. The van der Waals surface area contributed by atoms with Crippen LogP contribution in [0, 0.1) is 0 Å². The average Bonchev–Trinajstić information content (AvgIpc) is 2.43. The standard InChI is InChI=1S/C9H10N2O2/c1-2-6-4-3-5-7-8(6)10-9(12)11(7)13/h3-5,13H,2H2,1H3,(H,10,12). The molecule has 0 fully saturated rings. The lowest BCUT2D eigenvalue weighted by Gasteiger charge is -1.97. The van der Waals surface area contributed by atoms with E-state index < -0.39 is 5.69 Å². The topological polar surface area (TPSA) is 58.0 Å². The third-order valence-corrected chi connectivity index (χ3v) is 2.16. The van der Waals surface area contributed by atoms with Crippen LogP contribution in [0.5, 0.6) is 0 Å². The number of aryl methyl sites for hydroxylation is 1. The van der Waals surface area contributed by atoms with Crippen LogP contribution < -0.4 is 5.69 Å². The molecule has 0 bridgehead atoms. The second-order valence-corrected chi connectivity index (χ2v) is 2.91. The monoisotopic (exact) mass is 178 g/mol. The molecule has 1 aromatic carbocycles. The quantitative estimate of drug-likeness (QED) is 0.643. The van der Waals surface area contributed by atoms with E-state index in [0.29, 0.717) is 10.2 Å². The van der Waals surface area contributed by atoms with Crippen LogP contribution in [0.25, 0.3) is 11.0 Å². The van der Waals surface area contributed by atoms with Crippen molar-refractivity contribution in [2.75, 3.05) is 0 Å². The first-order chi connectivity index (χ1) is 6.24. The summed E-state index contributed by atoms with van der Waals surface area (Å²) in [5.74, 6) is 0. The van der Waals surface area contributed by atoms with Crippen molar-refractivity contribution in [3.63, 3.8) is 0 Å². The molecule has 4 nitrogen and oxygen atoms in total. The molecule has 0 aliphatic heterocycles. The van der Waals surface area contributed by atoms with Gasteiger partial charge in [0.15, 0.2) is 0 Å². The summed E-state index contributed by atoms with van der Waals surface area (Å²) in [7, 11) is 0. The van der Waals surface area contributed by atoms with E-state index in [-0.39, 0.29) is 0 Å². The number of H-pyrrole nitrogens is 1. The van der Waals surface area contributed by atoms with Gasteiger partial charge in [-0.2, -0.15) is 0 Å². The van der Waals surface area contributed by atoms with Crippen molar-refractivity contribution in [1.82, 2.24) is 9.71 Å². The van der Waals surface area contributed by atoms with Crippen LogP contribution in [0.4, 0.5) is 0 Å². The Morgan fingerprint density at radius 1 is 1.54 bits per heavy atom. The van der Waals surface area contributed by atoms with E-state index in [4.69, 9.17) is 0 Å². The molecule has 0 amide bonds. The first-order valence-corrected chi connectivity index (χ1v) is 4.16. The fraction of sp³-hybridized carbons (Fsp3) is 0.222. The molecule has 2 aromatic rings. The van der Waals surface area contributed by atoms with Gasteiger partial charge in [-0.05, 0) is 18.1 Å². The Morgan fingerprint density at radius 2 is 2.31 bits per heavy atom. The lowest BCUT2D eigenvalue weighted by Crippen LogP contribution is -2.12. The van der Waals surface area contributed by atoms with Crippen LogP contribution in [0.3, 0.4) is 0 Å². The van der Waals surface area contributed by atoms with Crippen molar-refractivity contribution in [3.05, 3.63) is 34.2 Å². The summed E-state index contributed by atoms with van der Waals surface area (Å²) in [6.45, 7) is 2.00. The minimum Gasteiger partial charge on any atom is -0.424 e. The summed E-state index contributed by atoms with van der Waals surface area (Å²) < 4.78 is 0.633. The van der Waals surface area contributed by atoms with Gasteiger partial charge in [0.2, 0.25) is 0 Å². The molecular weight excluding hydrogens is 168 g/mol. The molecule has 0 radical (unpaired) electrons. The molecular formula is C9H10N2O2. The number of rotatable bonds is 1. The molecule has 0 aliphatic rings. The Hall–Kier alpha value is -1.71. The van der Waals surface area contributed by atoms with Gasteiger partial charge in [-0.1, -0.05) is 19.1 Å². The van der Waals surface area contributed by atoms with Crippen LogP contribution in [-0.4, -0.2) is 14.9 Å². The molecule has 68 valence electrons. The maximum Gasteiger partial charge on any atom is 0.359 e. The van der Waals surface area contributed by atoms with Crippen LogP contribution >= 0.6 is 0 Å². The van der Waals surface area contributed by atoms with Gasteiger partial charge >= 0.3 is 5.69 Å². The summed E-state index contributed by atoms with van der Waals surface area (Å²) in [6.07, 6.45) is 0.831. The highest BCUT2D eigenvalue weighted by Crippen LogP contribution is 2.14. The highest BCUT2D eigenvalue weighted by molar-refractivity contribution is 5.78. The Kier molecular flexibility index (Phi) is 1.62. The van der Waals surface area contributed by atoms with E-state index in [2.05, 4.69) is 4.98 Å². The lowest BCUT2D eigenvalue weighted by molar-refractivity contribution is 0.188. The average molecular weight is 178 g/mol. The van der Waals surface area contributed by atoms with Crippen molar-refractivity contribution >= 4 is 11.0 Å². The fourth-order valence-corrected chi connectivity index (χ4v) is 1.47. The number of imidazole rings is 1. The molecule has 0 spiro atoms. The predicted octanol–water partition coefficient (Wildman–Crippen LogP) is 1.13. The molecule has 0 unspecified atom stereocenters. The third kappa shape index (κ3) is 1.02. The number of para-hydroxylation sites is 1. The number of nitrogens with zero attached hydrogens (tertiary/aromatic N) is 1. The summed E-state index contributed by atoms with van der Waals surface area (Å²) in [4.78, 5) is 13.7.